The lowest BCUT2D eigenvalue weighted by Gasteiger charge is -2.26. The van der Waals surface area contributed by atoms with E-state index in [9.17, 15) is 19.2 Å². The molecule has 1 unspecified atom stereocenters. The minimum atomic E-state index is -0.722. The number of benzene rings is 3. The number of carbonyl (C=O) groups is 4. The van der Waals surface area contributed by atoms with Gasteiger partial charge in [0, 0.05) is 26.2 Å². The Morgan fingerprint density at radius 3 is 2.37 bits per heavy atom. The standard InChI is InChI=1S/C34H38N4O7S/c1-34(2,3)45-33(42)37(4)27-20-24(44-28-10-6-5-9-26(28)38-17-7-8-18-38)15-16-25(27)35-30(39)21-43-23-13-11-22(12-14-23)19-29-31(40)36-32(41)46-29/h5-6,9-16,20,29H,7-8,17-19,21H2,1-4H3,(H,35,39)(H,36,40,41). The summed E-state index contributed by atoms with van der Waals surface area (Å²) in [6.45, 7) is 6.99. The van der Waals surface area contributed by atoms with Crippen LogP contribution in [0.15, 0.2) is 66.7 Å². The fourth-order valence-corrected chi connectivity index (χ4v) is 5.93. The zero-order valence-corrected chi connectivity index (χ0v) is 27.1. The van der Waals surface area contributed by atoms with Crippen LogP contribution in [0.25, 0.3) is 0 Å². The lowest BCUT2D eigenvalue weighted by atomic mass is 10.1. The second kappa shape index (κ2) is 14.2. The van der Waals surface area contributed by atoms with Gasteiger partial charge in [-0.05, 0) is 82.0 Å². The fraction of sp³-hybridized carbons (Fsp3) is 0.353. The Kier molecular flexibility index (Phi) is 10.1. The topological polar surface area (TPSA) is 127 Å². The van der Waals surface area contributed by atoms with Crippen molar-refractivity contribution in [1.82, 2.24) is 5.32 Å². The lowest BCUT2D eigenvalue weighted by Crippen LogP contribution is -2.34. The van der Waals surface area contributed by atoms with Crippen molar-refractivity contribution in [3.8, 4) is 17.2 Å². The molecule has 2 saturated heterocycles. The van der Waals surface area contributed by atoms with Gasteiger partial charge in [-0.3, -0.25) is 24.6 Å². The smallest absolute Gasteiger partial charge is 0.414 e. The molecule has 0 aliphatic carbocycles. The number of amides is 4. The van der Waals surface area contributed by atoms with Crippen LogP contribution < -0.4 is 29.9 Å². The molecule has 11 nitrogen and oxygen atoms in total. The van der Waals surface area contributed by atoms with E-state index in [4.69, 9.17) is 14.2 Å². The van der Waals surface area contributed by atoms with E-state index in [0.29, 0.717) is 35.0 Å². The number of ether oxygens (including phenoxy) is 3. The summed E-state index contributed by atoms with van der Waals surface area (Å²) in [5, 5.41) is 4.32. The van der Waals surface area contributed by atoms with E-state index in [2.05, 4.69) is 15.5 Å². The SMILES string of the molecule is CN(C(=O)OC(C)(C)C)c1cc(Oc2ccccc2N2CCCC2)ccc1NC(=O)COc1ccc(CC2SC(=O)NC2=O)cc1. The molecule has 242 valence electrons. The third-order valence-corrected chi connectivity index (χ3v) is 8.27. The summed E-state index contributed by atoms with van der Waals surface area (Å²) >= 11 is 0.976. The first-order valence-electron chi connectivity index (χ1n) is 15.1. The van der Waals surface area contributed by atoms with Gasteiger partial charge in [-0.15, -0.1) is 0 Å². The number of imide groups is 1. The highest BCUT2D eigenvalue weighted by atomic mass is 32.2. The van der Waals surface area contributed by atoms with Crippen LogP contribution in [0.4, 0.5) is 26.7 Å². The van der Waals surface area contributed by atoms with Crippen molar-refractivity contribution < 1.29 is 33.4 Å². The third-order valence-electron chi connectivity index (χ3n) is 7.29. The van der Waals surface area contributed by atoms with E-state index < -0.39 is 22.9 Å². The van der Waals surface area contributed by atoms with Gasteiger partial charge >= 0.3 is 6.09 Å². The molecule has 0 saturated carbocycles. The van der Waals surface area contributed by atoms with E-state index in [-0.39, 0.29) is 17.8 Å². The van der Waals surface area contributed by atoms with Gasteiger partial charge in [0.25, 0.3) is 11.1 Å². The minimum Gasteiger partial charge on any atom is -0.484 e. The summed E-state index contributed by atoms with van der Waals surface area (Å²) in [5.41, 5.74) is 1.90. The number of hydrogen-bond donors (Lipinski definition) is 2. The molecule has 1 atom stereocenters. The van der Waals surface area contributed by atoms with Crippen molar-refractivity contribution in [3.63, 3.8) is 0 Å². The summed E-state index contributed by atoms with van der Waals surface area (Å²) in [4.78, 5) is 53.0. The van der Waals surface area contributed by atoms with Crippen molar-refractivity contribution in [1.29, 1.82) is 0 Å². The van der Waals surface area contributed by atoms with Gasteiger partial charge in [0.05, 0.1) is 22.3 Å². The normalized spacial score (nSPS) is 16.2. The minimum absolute atomic E-state index is 0.286. The molecule has 12 heteroatoms. The van der Waals surface area contributed by atoms with Crippen LogP contribution in [0.3, 0.4) is 0 Å². The van der Waals surface area contributed by atoms with Crippen LogP contribution in [0, 0.1) is 0 Å². The van der Waals surface area contributed by atoms with Gasteiger partial charge in [-0.2, -0.15) is 0 Å². The van der Waals surface area contributed by atoms with Crippen molar-refractivity contribution in [3.05, 3.63) is 72.3 Å². The van der Waals surface area contributed by atoms with Gasteiger partial charge in [-0.1, -0.05) is 36.0 Å². The molecule has 2 N–H and O–H groups in total. The average molecular weight is 647 g/mol. The van der Waals surface area contributed by atoms with E-state index in [1.54, 1.807) is 70.3 Å². The first-order valence-corrected chi connectivity index (χ1v) is 16.0. The third kappa shape index (κ3) is 8.51. The maximum atomic E-state index is 13.1. The quantitative estimate of drug-likeness (QED) is 0.259. The molecule has 5 rings (SSSR count). The molecule has 2 fully saturated rings. The zero-order chi connectivity index (χ0) is 32.8. The summed E-state index contributed by atoms with van der Waals surface area (Å²) in [5.74, 6) is 0.920. The highest BCUT2D eigenvalue weighted by Crippen LogP contribution is 2.37. The molecule has 0 bridgehead atoms. The van der Waals surface area contributed by atoms with Crippen LogP contribution >= 0.6 is 11.8 Å². The highest BCUT2D eigenvalue weighted by Gasteiger charge is 2.31. The summed E-state index contributed by atoms with van der Waals surface area (Å²) in [7, 11) is 1.57. The van der Waals surface area contributed by atoms with Crippen molar-refractivity contribution in [2.24, 2.45) is 0 Å². The maximum Gasteiger partial charge on any atom is 0.414 e. The van der Waals surface area contributed by atoms with Gasteiger partial charge in [-0.25, -0.2) is 4.79 Å². The largest absolute Gasteiger partial charge is 0.484 e. The number of hydrogen-bond acceptors (Lipinski definition) is 9. The number of rotatable bonds is 10. The van der Waals surface area contributed by atoms with E-state index in [1.165, 1.54) is 4.90 Å². The summed E-state index contributed by atoms with van der Waals surface area (Å²) in [6, 6.07) is 19.9. The van der Waals surface area contributed by atoms with Gasteiger partial charge in [0.15, 0.2) is 12.4 Å². The molecule has 2 heterocycles. The highest BCUT2D eigenvalue weighted by molar-refractivity contribution is 8.15. The number of nitrogens with zero attached hydrogens (tertiary/aromatic N) is 2. The van der Waals surface area contributed by atoms with Crippen LogP contribution in [-0.4, -0.2) is 60.7 Å². The average Bonchev–Trinajstić information content (AvgIpc) is 3.66. The number of para-hydroxylation sites is 2. The maximum absolute atomic E-state index is 13.1. The van der Waals surface area contributed by atoms with E-state index in [1.807, 2.05) is 24.3 Å². The summed E-state index contributed by atoms with van der Waals surface area (Å²) < 4.78 is 17.6. The molecular weight excluding hydrogens is 608 g/mol. The Hall–Kier alpha value is -4.71. The van der Waals surface area contributed by atoms with E-state index in [0.717, 1.165) is 48.9 Å². The molecule has 3 aromatic rings. The van der Waals surface area contributed by atoms with Crippen molar-refractivity contribution in [2.45, 2.75) is 50.9 Å². The zero-order valence-electron chi connectivity index (χ0n) is 26.3. The van der Waals surface area contributed by atoms with Crippen LogP contribution in [0.5, 0.6) is 17.2 Å². The number of thioether (sulfide) groups is 1. The lowest BCUT2D eigenvalue weighted by molar-refractivity contribution is -0.119. The molecule has 0 radical (unpaired) electrons. The van der Waals surface area contributed by atoms with E-state index >= 15 is 0 Å². The van der Waals surface area contributed by atoms with Gasteiger partial charge < -0.3 is 24.4 Å². The number of carbonyl (C=O) groups excluding carboxylic acids is 4. The molecule has 0 aromatic heterocycles. The second-order valence-corrected chi connectivity index (χ2v) is 13.2. The monoisotopic (exact) mass is 646 g/mol. The molecule has 0 spiro atoms. The molecule has 46 heavy (non-hydrogen) atoms. The van der Waals surface area contributed by atoms with Gasteiger partial charge in [0.1, 0.15) is 17.1 Å². The first-order chi connectivity index (χ1) is 21.9. The van der Waals surface area contributed by atoms with Crippen molar-refractivity contribution >= 4 is 52.0 Å². The Bertz CT molecular complexity index is 1600. The number of nitrogens with one attached hydrogen (secondary N) is 2. The van der Waals surface area contributed by atoms with Gasteiger partial charge in [0.2, 0.25) is 5.91 Å². The Morgan fingerprint density at radius 1 is 1.00 bits per heavy atom. The molecule has 4 amide bonds. The summed E-state index contributed by atoms with van der Waals surface area (Å²) in [6.07, 6.45) is 2.07. The number of anilines is 3. The van der Waals surface area contributed by atoms with Crippen molar-refractivity contribution in [2.75, 3.05) is 41.9 Å². The van der Waals surface area contributed by atoms with Crippen LogP contribution in [0.1, 0.15) is 39.2 Å². The van der Waals surface area contributed by atoms with Crippen LogP contribution in [-0.2, 0) is 20.7 Å². The molecular formula is C34H38N4O7S. The van der Waals surface area contributed by atoms with Crippen LogP contribution in [0.2, 0.25) is 0 Å². The second-order valence-electron chi connectivity index (χ2n) is 12.1. The Morgan fingerprint density at radius 2 is 1.70 bits per heavy atom. The Balaban J connectivity index is 1.28. The molecule has 2 aliphatic heterocycles. The molecule has 2 aliphatic rings. The Labute approximate surface area is 272 Å². The molecule has 3 aromatic carbocycles. The first kappa shape index (κ1) is 32.7. The predicted octanol–water partition coefficient (Wildman–Crippen LogP) is 6.36. The fourth-order valence-electron chi connectivity index (χ4n) is 5.08. The predicted molar refractivity (Wildman–Crippen MR) is 178 cm³/mol.